The summed E-state index contributed by atoms with van der Waals surface area (Å²) < 4.78 is 0. The Balaban J connectivity index is 0.702. The second-order valence-corrected chi connectivity index (χ2v) is 26.7. The van der Waals surface area contributed by atoms with E-state index in [1.807, 2.05) is 0 Å². The number of rotatable bonds is 11. The molecule has 0 aliphatic heterocycles. The average Bonchev–Trinajstić information content (AvgIpc) is 1.78. The quantitative estimate of drug-likeness (QED) is 0.119. The van der Waals surface area contributed by atoms with Crippen LogP contribution in [-0.4, -0.2) is 0 Å². The molecule has 14 aromatic rings. The van der Waals surface area contributed by atoms with Crippen molar-refractivity contribution < 1.29 is 0 Å². The number of fused-ring (bicyclic) bond motifs is 11. The number of anilines is 6. The molecule has 1 aromatic heterocycles. The van der Waals surface area contributed by atoms with Crippen LogP contribution in [0.25, 0.3) is 94.4 Å². The molecule has 2 nitrogen and oxygen atoms in total. The van der Waals surface area contributed by atoms with Gasteiger partial charge in [0.2, 0.25) is 0 Å². The maximum absolute atomic E-state index is 2.43. The molecular formula is C84H63N2P. The summed E-state index contributed by atoms with van der Waals surface area (Å²) in [6, 6.07) is 106. The lowest BCUT2D eigenvalue weighted by Gasteiger charge is -2.29. The highest BCUT2D eigenvalue weighted by molar-refractivity contribution is 7.67. The Morgan fingerprint density at radius 1 is 0.276 bits per heavy atom. The van der Waals surface area contributed by atoms with Crippen LogP contribution >= 0.6 is 7.53 Å². The summed E-state index contributed by atoms with van der Waals surface area (Å²) in [7, 11) is -0.714. The molecule has 0 bridgehead atoms. The van der Waals surface area contributed by atoms with E-state index in [1.54, 1.807) is 0 Å². The Hall–Kier alpha value is -10.2. The SMILES string of the molecule is CC1(C)c2cc(/C=C/c3ccc4c(c3)c3cc(/C=C/c5ccc6c(c5)C(C)(C)c5cc(N(c7ccccc7)c7cccc8ccccc78)ccc5-6)ccc3p4-c3ccccc3)ccc2-c2ccc(N(c3ccccc3)c3cccc4ccccc34)cc21. The second kappa shape index (κ2) is 20.8. The van der Waals surface area contributed by atoms with Gasteiger partial charge in [0.25, 0.3) is 0 Å². The second-order valence-electron chi connectivity index (χ2n) is 24.5. The highest BCUT2D eigenvalue weighted by Gasteiger charge is 2.38. The van der Waals surface area contributed by atoms with Gasteiger partial charge in [-0.3, -0.25) is 0 Å². The molecule has 3 heteroatoms. The highest BCUT2D eigenvalue weighted by Crippen LogP contribution is 2.57. The van der Waals surface area contributed by atoms with Crippen molar-refractivity contribution in [2.24, 2.45) is 0 Å². The van der Waals surface area contributed by atoms with Crippen LogP contribution in [0.5, 0.6) is 0 Å². The van der Waals surface area contributed by atoms with E-state index in [0.717, 1.165) is 22.7 Å². The van der Waals surface area contributed by atoms with E-state index in [9.17, 15) is 0 Å². The maximum atomic E-state index is 2.43. The molecule has 0 amide bonds. The average molecular weight is 1130 g/mol. The zero-order valence-electron chi connectivity index (χ0n) is 49.3. The van der Waals surface area contributed by atoms with E-state index >= 15 is 0 Å². The van der Waals surface area contributed by atoms with E-state index in [1.165, 1.54) is 126 Å². The number of hydrogen-bond donors (Lipinski definition) is 0. The van der Waals surface area contributed by atoms with Crippen LogP contribution in [-0.2, 0) is 10.8 Å². The van der Waals surface area contributed by atoms with Crippen molar-refractivity contribution >= 4 is 109 Å². The molecule has 0 saturated heterocycles. The van der Waals surface area contributed by atoms with Gasteiger partial charge in [-0.2, -0.15) is 0 Å². The molecule has 0 fully saturated rings. The van der Waals surface area contributed by atoms with Gasteiger partial charge in [0.1, 0.15) is 0 Å². The standard InChI is InChI=1S/C84H63N2P/c1-83(2)75-52-58(38-44-69(75)71-46-42-64(54-77(71)83)85(62-24-8-5-9-25-62)79-32-18-22-60-20-14-16-30-67(60)79)36-34-56-40-48-81-73(50-56)74-51-57(41-49-82(74)87(81)66-28-12-7-13-29-66)35-37-59-39-45-70-72-47-43-65(55-78(72)84(3,4)76(70)53-59)86(63-26-10-6-11-27-63)80-33-19-23-61-21-15-17-31-68(61)80/h5-55H,1-4H3/b36-34+,37-35+. The van der Waals surface area contributed by atoms with Crippen LogP contribution < -0.4 is 9.80 Å². The molecule has 13 aromatic carbocycles. The maximum Gasteiger partial charge on any atom is 0.0540 e. The van der Waals surface area contributed by atoms with Gasteiger partial charge in [-0.1, -0.05) is 260 Å². The van der Waals surface area contributed by atoms with Crippen LogP contribution in [0.15, 0.2) is 285 Å². The van der Waals surface area contributed by atoms with Gasteiger partial charge in [0.05, 0.1) is 11.4 Å². The van der Waals surface area contributed by atoms with Gasteiger partial charge in [-0.15, -0.1) is 0 Å². The zero-order valence-corrected chi connectivity index (χ0v) is 50.2. The molecule has 0 unspecified atom stereocenters. The first kappa shape index (κ1) is 52.3. The van der Waals surface area contributed by atoms with Gasteiger partial charge in [-0.05, 0) is 179 Å². The van der Waals surface area contributed by atoms with Gasteiger partial charge in [0.15, 0.2) is 0 Å². The zero-order chi connectivity index (χ0) is 58.4. The molecule has 87 heavy (non-hydrogen) atoms. The Kier molecular flexibility index (Phi) is 12.5. The minimum absolute atomic E-state index is 0.206. The molecule has 0 saturated carbocycles. The van der Waals surface area contributed by atoms with E-state index < -0.39 is 7.53 Å². The third kappa shape index (κ3) is 8.85. The summed E-state index contributed by atoms with van der Waals surface area (Å²) in [5.74, 6) is 0. The number of para-hydroxylation sites is 2. The summed E-state index contributed by atoms with van der Waals surface area (Å²) in [6.07, 6.45) is 9.23. The van der Waals surface area contributed by atoms with Crippen LogP contribution in [0.1, 0.15) is 72.2 Å². The van der Waals surface area contributed by atoms with Gasteiger partial charge >= 0.3 is 0 Å². The minimum Gasteiger partial charge on any atom is -0.310 e. The van der Waals surface area contributed by atoms with Crippen molar-refractivity contribution in [3.8, 4) is 27.6 Å². The third-order valence-electron chi connectivity index (χ3n) is 18.7. The lowest BCUT2D eigenvalue weighted by molar-refractivity contribution is 0.660. The fourth-order valence-corrected chi connectivity index (χ4v) is 16.9. The fraction of sp³-hybridized carbons (Fsp3) is 0.0714. The predicted molar refractivity (Wildman–Crippen MR) is 376 cm³/mol. The lowest BCUT2D eigenvalue weighted by Crippen LogP contribution is -2.16. The summed E-state index contributed by atoms with van der Waals surface area (Å²) in [5, 5.41) is 11.8. The molecular weight excluding hydrogens is 1070 g/mol. The lowest BCUT2D eigenvalue weighted by atomic mass is 9.81. The van der Waals surface area contributed by atoms with Crippen molar-refractivity contribution in [2.75, 3.05) is 9.80 Å². The van der Waals surface area contributed by atoms with Crippen molar-refractivity contribution in [3.05, 3.63) is 330 Å². The first-order valence-corrected chi connectivity index (χ1v) is 31.7. The Labute approximate surface area is 511 Å². The van der Waals surface area contributed by atoms with E-state index in [2.05, 4.69) is 347 Å². The van der Waals surface area contributed by atoms with Crippen molar-refractivity contribution in [3.63, 3.8) is 0 Å². The van der Waals surface area contributed by atoms with Crippen molar-refractivity contribution in [2.45, 2.75) is 38.5 Å². The van der Waals surface area contributed by atoms with E-state index in [0.29, 0.717) is 0 Å². The highest BCUT2D eigenvalue weighted by atomic mass is 31.1. The van der Waals surface area contributed by atoms with Crippen molar-refractivity contribution in [1.82, 2.24) is 0 Å². The topological polar surface area (TPSA) is 6.48 Å². The molecule has 2 aliphatic rings. The number of nitrogens with zero attached hydrogens (tertiary/aromatic N) is 2. The first-order chi connectivity index (χ1) is 42.6. The third-order valence-corrected chi connectivity index (χ3v) is 21.2. The summed E-state index contributed by atoms with van der Waals surface area (Å²) in [6.45, 7) is 9.56. The Morgan fingerprint density at radius 2 is 0.621 bits per heavy atom. The van der Waals surface area contributed by atoms with Gasteiger partial charge in [0, 0.05) is 54.6 Å². The predicted octanol–water partition coefficient (Wildman–Crippen LogP) is 24.2. The monoisotopic (exact) mass is 1130 g/mol. The van der Waals surface area contributed by atoms with E-state index in [-0.39, 0.29) is 10.8 Å². The van der Waals surface area contributed by atoms with Crippen LogP contribution in [0.2, 0.25) is 0 Å². The first-order valence-electron chi connectivity index (χ1n) is 30.4. The minimum atomic E-state index is -0.714. The van der Waals surface area contributed by atoms with Crippen LogP contribution in [0.4, 0.5) is 34.1 Å². The summed E-state index contributed by atoms with van der Waals surface area (Å²) in [5.41, 5.74) is 22.0. The normalized spacial score (nSPS) is 13.6. The molecule has 2 aliphatic carbocycles. The Bertz CT molecular complexity index is 4790. The number of hydrogen-bond acceptors (Lipinski definition) is 2. The molecule has 0 spiro atoms. The Morgan fingerprint density at radius 3 is 1.06 bits per heavy atom. The largest absolute Gasteiger partial charge is 0.310 e. The van der Waals surface area contributed by atoms with Gasteiger partial charge in [-0.25, -0.2) is 0 Å². The van der Waals surface area contributed by atoms with Gasteiger partial charge < -0.3 is 9.80 Å². The summed E-state index contributed by atoms with van der Waals surface area (Å²) in [4.78, 5) is 4.84. The van der Waals surface area contributed by atoms with Crippen molar-refractivity contribution in [1.29, 1.82) is 0 Å². The molecule has 0 radical (unpaired) electrons. The molecule has 16 rings (SSSR count). The summed E-state index contributed by atoms with van der Waals surface area (Å²) >= 11 is 0. The van der Waals surface area contributed by atoms with E-state index in [4.69, 9.17) is 0 Å². The molecule has 0 atom stereocenters. The molecule has 1 heterocycles. The van der Waals surface area contributed by atoms with Crippen LogP contribution in [0, 0.1) is 0 Å². The van der Waals surface area contributed by atoms with Crippen LogP contribution in [0.3, 0.4) is 0 Å². The fourth-order valence-electron chi connectivity index (χ4n) is 14.3. The number of benzene rings is 13. The molecule has 0 N–H and O–H groups in total. The molecule has 414 valence electrons. The smallest absolute Gasteiger partial charge is 0.0540 e.